The Bertz CT molecular complexity index is 114. The van der Waals surface area contributed by atoms with E-state index in [4.69, 9.17) is 10.9 Å². The second kappa shape index (κ2) is 5.01. The highest BCUT2D eigenvalue weighted by Crippen LogP contribution is 1.77. The van der Waals surface area contributed by atoms with Gasteiger partial charge in [-0.1, -0.05) is 0 Å². The lowest BCUT2D eigenvalue weighted by molar-refractivity contribution is 0.249. The van der Waals surface area contributed by atoms with Crippen molar-refractivity contribution in [3.8, 4) is 0 Å². The second-order valence-corrected chi connectivity index (χ2v) is 1.71. The molecule has 0 bridgehead atoms. The summed E-state index contributed by atoms with van der Waals surface area (Å²) in [5, 5.41) is 12.6. The van der Waals surface area contributed by atoms with Crippen LogP contribution in [0.5, 0.6) is 0 Å². The maximum absolute atomic E-state index is 8.47. The largest absolute Gasteiger partial charge is 0.394 e. The van der Waals surface area contributed by atoms with E-state index in [9.17, 15) is 0 Å². The number of guanidine groups is 1. The van der Waals surface area contributed by atoms with Crippen LogP contribution >= 0.6 is 0 Å². The summed E-state index contributed by atoms with van der Waals surface area (Å²) in [6, 6.07) is 0. The zero-order valence-electron chi connectivity index (χ0n) is 6.33. The summed E-state index contributed by atoms with van der Waals surface area (Å²) in [6.07, 6.45) is 0. The van der Waals surface area contributed by atoms with E-state index in [-0.39, 0.29) is 6.61 Å². The topological polar surface area (TPSA) is 73.9 Å². The smallest absolute Gasteiger partial charge is 0.207 e. The average Bonchev–Trinajstić information content (AvgIpc) is 1.91. The van der Waals surface area contributed by atoms with Crippen LogP contribution in [0.4, 0.5) is 0 Å². The van der Waals surface area contributed by atoms with Crippen molar-refractivity contribution >= 4 is 5.96 Å². The minimum absolute atomic E-state index is 0.0250. The molecule has 0 aliphatic carbocycles. The quantitative estimate of drug-likeness (QED) is 0.189. The van der Waals surface area contributed by atoms with Crippen LogP contribution in [-0.2, 0) is 0 Å². The predicted octanol–water partition coefficient (Wildman–Crippen LogP) is -1.64. The van der Waals surface area contributed by atoms with Crippen molar-refractivity contribution in [3.63, 3.8) is 0 Å². The molecule has 0 amide bonds. The third-order valence-corrected chi connectivity index (χ3v) is 1.05. The fourth-order valence-corrected chi connectivity index (χ4v) is 0.597. The van der Waals surface area contributed by atoms with Crippen molar-refractivity contribution in [1.82, 2.24) is 10.3 Å². The zero-order valence-corrected chi connectivity index (χ0v) is 6.33. The summed E-state index contributed by atoms with van der Waals surface area (Å²) in [5.74, 6) is 5.99. The Balaban J connectivity index is 3.77. The van der Waals surface area contributed by atoms with Gasteiger partial charge >= 0.3 is 0 Å². The van der Waals surface area contributed by atoms with Crippen LogP contribution in [0.3, 0.4) is 0 Å². The van der Waals surface area contributed by atoms with Gasteiger partial charge in [0.05, 0.1) is 13.2 Å². The van der Waals surface area contributed by atoms with Crippen LogP contribution in [0.2, 0.25) is 0 Å². The highest BCUT2D eigenvalue weighted by molar-refractivity contribution is 5.78. The number of hydrogen-bond donors (Lipinski definition) is 3. The molecule has 0 unspecified atom stereocenters. The Morgan fingerprint density at radius 3 is 2.70 bits per heavy atom. The van der Waals surface area contributed by atoms with E-state index in [0.717, 1.165) is 0 Å². The fourth-order valence-electron chi connectivity index (χ4n) is 0.597. The first-order valence-electron chi connectivity index (χ1n) is 3.04. The van der Waals surface area contributed by atoms with Crippen LogP contribution in [0.15, 0.2) is 4.99 Å². The Hall–Kier alpha value is -0.810. The van der Waals surface area contributed by atoms with Gasteiger partial charge in [0.2, 0.25) is 5.96 Å². The molecule has 10 heavy (non-hydrogen) atoms. The monoisotopic (exact) mass is 146 g/mol. The molecule has 0 aliphatic heterocycles. The van der Waals surface area contributed by atoms with Crippen molar-refractivity contribution in [3.05, 3.63) is 0 Å². The molecule has 0 aliphatic rings. The zero-order chi connectivity index (χ0) is 7.98. The van der Waals surface area contributed by atoms with Crippen molar-refractivity contribution < 1.29 is 5.11 Å². The van der Waals surface area contributed by atoms with Gasteiger partial charge in [0.15, 0.2) is 0 Å². The molecular formula is C5H14N4O. The molecule has 0 atom stereocenters. The normalized spacial score (nSPS) is 11.4. The van der Waals surface area contributed by atoms with E-state index in [2.05, 4.69) is 10.3 Å². The Kier molecular flexibility index (Phi) is 4.61. The van der Waals surface area contributed by atoms with E-state index in [0.29, 0.717) is 12.5 Å². The summed E-state index contributed by atoms with van der Waals surface area (Å²) in [4.78, 5) is 3.82. The van der Waals surface area contributed by atoms with Crippen molar-refractivity contribution in [2.45, 2.75) is 0 Å². The molecule has 60 valence electrons. The number of nitrogens with two attached hydrogens (primary N) is 1. The van der Waals surface area contributed by atoms with E-state index < -0.39 is 0 Å². The summed E-state index contributed by atoms with van der Waals surface area (Å²) in [7, 11) is 3.35. The van der Waals surface area contributed by atoms with Gasteiger partial charge in [-0.15, -0.1) is 0 Å². The Labute approximate surface area is 60.5 Å². The molecule has 0 fully saturated rings. The first-order chi connectivity index (χ1) is 4.76. The number of aliphatic hydroxyl groups is 1. The van der Waals surface area contributed by atoms with Gasteiger partial charge in [-0.05, 0) is 0 Å². The van der Waals surface area contributed by atoms with Crippen molar-refractivity contribution in [1.29, 1.82) is 0 Å². The first-order valence-corrected chi connectivity index (χ1v) is 3.04. The molecule has 0 saturated heterocycles. The Morgan fingerprint density at radius 1 is 1.80 bits per heavy atom. The van der Waals surface area contributed by atoms with Crippen molar-refractivity contribution in [2.75, 3.05) is 27.2 Å². The highest BCUT2D eigenvalue weighted by atomic mass is 16.3. The molecule has 5 nitrogen and oxygen atoms in total. The molecule has 5 heteroatoms. The molecule has 0 rings (SSSR count). The van der Waals surface area contributed by atoms with Gasteiger partial charge in [0, 0.05) is 14.1 Å². The maximum Gasteiger partial charge on any atom is 0.207 e. The molecule has 4 N–H and O–H groups in total. The van der Waals surface area contributed by atoms with Crippen LogP contribution < -0.4 is 11.2 Å². The lowest BCUT2D eigenvalue weighted by Gasteiger charge is -2.17. The van der Waals surface area contributed by atoms with Gasteiger partial charge in [-0.3, -0.25) is 10.0 Å². The number of nitrogens with one attached hydrogen (secondary N) is 1. The summed E-state index contributed by atoms with van der Waals surface area (Å²) in [5.41, 5.74) is 0. The number of hydrogen-bond acceptors (Lipinski definition) is 3. The van der Waals surface area contributed by atoms with Crippen LogP contribution in [0.1, 0.15) is 0 Å². The fraction of sp³-hybridized carbons (Fsp3) is 0.800. The molecule has 0 aromatic rings. The van der Waals surface area contributed by atoms with E-state index >= 15 is 0 Å². The minimum Gasteiger partial charge on any atom is -0.394 e. The summed E-state index contributed by atoms with van der Waals surface area (Å²) in [6.45, 7) is 0.407. The van der Waals surface area contributed by atoms with Gasteiger partial charge < -0.3 is 10.4 Å². The molecular weight excluding hydrogens is 132 g/mol. The highest BCUT2D eigenvalue weighted by Gasteiger charge is 2.00. The average molecular weight is 146 g/mol. The summed E-state index contributed by atoms with van der Waals surface area (Å²) < 4.78 is 0. The summed E-state index contributed by atoms with van der Waals surface area (Å²) >= 11 is 0. The number of aliphatic imine (C=N–C) groups is 1. The number of nitrogens with zero attached hydrogens (tertiary/aromatic N) is 2. The van der Waals surface area contributed by atoms with Gasteiger partial charge in [0.1, 0.15) is 0 Å². The minimum atomic E-state index is 0.0250. The van der Waals surface area contributed by atoms with Crippen LogP contribution in [0, 0.1) is 0 Å². The standard InChI is InChI=1S/C5H14N4O/c1-7-5(8-2)9(6)3-4-10/h10H,3-4,6H2,1-2H3,(H,7,8). The number of rotatable bonds is 2. The Morgan fingerprint density at radius 2 is 2.40 bits per heavy atom. The SMILES string of the molecule is CN=C(NC)N(N)CCO. The van der Waals surface area contributed by atoms with Crippen LogP contribution in [-0.4, -0.2) is 43.3 Å². The number of hydrazine groups is 1. The van der Waals surface area contributed by atoms with Gasteiger partial charge in [0.25, 0.3) is 0 Å². The van der Waals surface area contributed by atoms with Gasteiger partial charge in [-0.25, -0.2) is 5.84 Å². The van der Waals surface area contributed by atoms with Crippen molar-refractivity contribution in [2.24, 2.45) is 10.8 Å². The van der Waals surface area contributed by atoms with E-state index in [1.807, 2.05) is 0 Å². The number of aliphatic hydroxyl groups excluding tert-OH is 1. The van der Waals surface area contributed by atoms with Gasteiger partial charge in [-0.2, -0.15) is 0 Å². The molecule has 0 saturated carbocycles. The van der Waals surface area contributed by atoms with Crippen LogP contribution in [0.25, 0.3) is 0 Å². The van der Waals surface area contributed by atoms with E-state index in [1.54, 1.807) is 14.1 Å². The van der Waals surface area contributed by atoms with E-state index in [1.165, 1.54) is 5.01 Å². The molecule has 0 spiro atoms. The predicted molar refractivity (Wildman–Crippen MR) is 40.4 cm³/mol. The maximum atomic E-state index is 8.47. The molecule has 0 radical (unpaired) electrons. The molecule has 0 heterocycles. The molecule has 0 aromatic carbocycles. The first kappa shape index (κ1) is 9.19. The third-order valence-electron chi connectivity index (χ3n) is 1.05. The lowest BCUT2D eigenvalue weighted by Crippen LogP contribution is -2.45. The third kappa shape index (κ3) is 2.65. The second-order valence-electron chi connectivity index (χ2n) is 1.71. The lowest BCUT2D eigenvalue weighted by atomic mass is 10.6. The molecule has 0 aromatic heterocycles.